The fraction of sp³-hybridized carbons (Fsp3) is 0.435. The van der Waals surface area contributed by atoms with Crippen LogP contribution in [0.15, 0.2) is 42.7 Å². The van der Waals surface area contributed by atoms with Crippen LogP contribution in [-0.4, -0.2) is 92.2 Å². The summed E-state index contributed by atoms with van der Waals surface area (Å²) in [6.07, 6.45) is 5.15. The molecule has 2 saturated heterocycles. The minimum atomic E-state index is 0.0382. The van der Waals surface area contributed by atoms with Crippen LogP contribution in [-0.2, 0) is 4.79 Å². The first-order valence-electron chi connectivity index (χ1n) is 10.7. The predicted octanol–water partition coefficient (Wildman–Crippen LogP) is 1.60. The Hall–Kier alpha value is -3.13. The van der Waals surface area contributed by atoms with E-state index in [9.17, 15) is 4.79 Å². The van der Waals surface area contributed by atoms with Crippen molar-refractivity contribution >= 4 is 23.6 Å². The summed E-state index contributed by atoms with van der Waals surface area (Å²) in [7, 11) is 3.79. The number of hydrogen-bond acceptors (Lipinski definition) is 7. The van der Waals surface area contributed by atoms with E-state index in [0.717, 1.165) is 62.2 Å². The molecular formula is C23H30N6O2. The van der Waals surface area contributed by atoms with Gasteiger partial charge in [-0.2, -0.15) is 0 Å². The highest BCUT2D eigenvalue weighted by Gasteiger charge is 2.22. The van der Waals surface area contributed by atoms with Crippen molar-refractivity contribution in [2.75, 3.05) is 76.3 Å². The SMILES string of the molecule is COc1ccc(/C=C/C(=O)N2CCN(c3cc(N4CCN(C)CC4)ncn3)CC2)cc1. The molecule has 2 fully saturated rings. The Balaban J connectivity index is 1.31. The summed E-state index contributed by atoms with van der Waals surface area (Å²) in [5.74, 6) is 2.76. The molecule has 2 aromatic rings. The molecule has 1 aromatic heterocycles. The number of methoxy groups -OCH3 is 1. The summed E-state index contributed by atoms with van der Waals surface area (Å²) < 4.78 is 5.16. The van der Waals surface area contributed by atoms with Crippen LogP contribution in [0.4, 0.5) is 11.6 Å². The van der Waals surface area contributed by atoms with Crippen molar-refractivity contribution in [1.82, 2.24) is 19.8 Å². The van der Waals surface area contributed by atoms with Crippen LogP contribution in [0, 0.1) is 0 Å². The second-order valence-corrected chi connectivity index (χ2v) is 7.94. The van der Waals surface area contributed by atoms with E-state index in [4.69, 9.17) is 4.74 Å². The van der Waals surface area contributed by atoms with Gasteiger partial charge in [0.1, 0.15) is 23.7 Å². The third-order valence-corrected chi connectivity index (χ3v) is 5.91. The Labute approximate surface area is 183 Å². The lowest BCUT2D eigenvalue weighted by Gasteiger charge is -2.36. The van der Waals surface area contributed by atoms with Crippen molar-refractivity contribution in [3.05, 3.63) is 48.3 Å². The van der Waals surface area contributed by atoms with Crippen LogP contribution < -0.4 is 14.5 Å². The largest absolute Gasteiger partial charge is 0.497 e. The number of aromatic nitrogens is 2. The van der Waals surface area contributed by atoms with E-state index in [1.54, 1.807) is 19.5 Å². The molecule has 164 valence electrons. The zero-order chi connectivity index (χ0) is 21.6. The molecule has 0 unspecified atom stereocenters. The smallest absolute Gasteiger partial charge is 0.246 e. The van der Waals surface area contributed by atoms with Gasteiger partial charge in [-0.3, -0.25) is 4.79 Å². The lowest BCUT2D eigenvalue weighted by molar-refractivity contribution is -0.126. The number of ether oxygens (including phenoxy) is 1. The summed E-state index contributed by atoms with van der Waals surface area (Å²) in [4.78, 5) is 30.3. The van der Waals surface area contributed by atoms with Gasteiger partial charge in [-0.05, 0) is 30.8 Å². The number of anilines is 2. The van der Waals surface area contributed by atoms with E-state index in [1.807, 2.05) is 35.2 Å². The molecule has 2 aliphatic rings. The Morgan fingerprint density at radius 2 is 1.48 bits per heavy atom. The number of hydrogen-bond donors (Lipinski definition) is 0. The second-order valence-electron chi connectivity index (χ2n) is 7.94. The average molecular weight is 423 g/mol. The number of rotatable bonds is 5. The van der Waals surface area contributed by atoms with Crippen LogP contribution in [0.1, 0.15) is 5.56 Å². The monoisotopic (exact) mass is 422 g/mol. The van der Waals surface area contributed by atoms with E-state index in [-0.39, 0.29) is 5.91 Å². The van der Waals surface area contributed by atoms with E-state index < -0.39 is 0 Å². The second kappa shape index (κ2) is 9.78. The van der Waals surface area contributed by atoms with E-state index in [0.29, 0.717) is 13.1 Å². The van der Waals surface area contributed by atoms with Gasteiger partial charge in [0, 0.05) is 64.5 Å². The Morgan fingerprint density at radius 1 is 0.903 bits per heavy atom. The number of amides is 1. The summed E-state index contributed by atoms with van der Waals surface area (Å²) in [6.45, 7) is 6.95. The van der Waals surface area contributed by atoms with Crippen LogP contribution in [0.3, 0.4) is 0 Å². The van der Waals surface area contributed by atoms with Gasteiger partial charge < -0.3 is 24.3 Å². The lowest BCUT2D eigenvalue weighted by atomic mass is 10.2. The summed E-state index contributed by atoms with van der Waals surface area (Å²) in [6, 6.07) is 9.73. The number of carbonyl (C=O) groups is 1. The van der Waals surface area contributed by atoms with Crippen LogP contribution in [0.5, 0.6) is 5.75 Å². The molecule has 3 heterocycles. The van der Waals surface area contributed by atoms with Gasteiger partial charge in [-0.15, -0.1) is 0 Å². The highest BCUT2D eigenvalue weighted by Crippen LogP contribution is 2.20. The third-order valence-electron chi connectivity index (χ3n) is 5.91. The van der Waals surface area contributed by atoms with Crippen LogP contribution in [0.25, 0.3) is 6.08 Å². The molecule has 4 rings (SSSR count). The molecule has 0 aliphatic carbocycles. The average Bonchev–Trinajstić information content (AvgIpc) is 2.83. The Morgan fingerprint density at radius 3 is 2.06 bits per heavy atom. The highest BCUT2D eigenvalue weighted by molar-refractivity contribution is 5.92. The van der Waals surface area contributed by atoms with Crippen molar-refractivity contribution in [2.45, 2.75) is 0 Å². The normalized spacial score (nSPS) is 17.9. The fourth-order valence-corrected chi connectivity index (χ4v) is 3.86. The molecule has 0 atom stereocenters. The van der Waals surface area contributed by atoms with E-state index in [1.165, 1.54) is 0 Å². The Bertz CT molecular complexity index is 901. The van der Waals surface area contributed by atoms with Crippen molar-refractivity contribution in [1.29, 1.82) is 0 Å². The number of likely N-dealkylation sites (N-methyl/N-ethyl adjacent to an activating group) is 1. The van der Waals surface area contributed by atoms with E-state index in [2.05, 4.69) is 37.8 Å². The quantitative estimate of drug-likeness (QED) is 0.678. The summed E-state index contributed by atoms with van der Waals surface area (Å²) in [5, 5.41) is 0. The summed E-state index contributed by atoms with van der Waals surface area (Å²) in [5.41, 5.74) is 0.977. The number of benzene rings is 1. The molecule has 0 spiro atoms. The van der Waals surface area contributed by atoms with E-state index >= 15 is 0 Å². The molecule has 31 heavy (non-hydrogen) atoms. The van der Waals surface area contributed by atoms with Crippen LogP contribution in [0.2, 0.25) is 0 Å². The maximum absolute atomic E-state index is 12.6. The van der Waals surface area contributed by atoms with Crippen molar-refractivity contribution in [2.24, 2.45) is 0 Å². The minimum absolute atomic E-state index is 0.0382. The third kappa shape index (κ3) is 5.32. The molecule has 1 aromatic carbocycles. The van der Waals surface area contributed by atoms with Gasteiger partial charge in [0.2, 0.25) is 5.91 Å². The first kappa shape index (κ1) is 21.1. The molecule has 0 bridgehead atoms. The highest BCUT2D eigenvalue weighted by atomic mass is 16.5. The first-order valence-corrected chi connectivity index (χ1v) is 10.7. The van der Waals surface area contributed by atoms with Gasteiger partial charge in [0.15, 0.2) is 0 Å². The van der Waals surface area contributed by atoms with Gasteiger partial charge in [-0.25, -0.2) is 9.97 Å². The Kier molecular flexibility index (Phi) is 6.66. The molecule has 8 heteroatoms. The maximum Gasteiger partial charge on any atom is 0.246 e. The van der Waals surface area contributed by atoms with Crippen molar-refractivity contribution < 1.29 is 9.53 Å². The van der Waals surface area contributed by atoms with Gasteiger partial charge in [-0.1, -0.05) is 12.1 Å². The number of nitrogens with zero attached hydrogens (tertiary/aromatic N) is 6. The van der Waals surface area contributed by atoms with Crippen LogP contribution >= 0.6 is 0 Å². The molecule has 8 nitrogen and oxygen atoms in total. The minimum Gasteiger partial charge on any atom is -0.497 e. The maximum atomic E-state index is 12.6. The van der Waals surface area contributed by atoms with Crippen molar-refractivity contribution in [3.8, 4) is 5.75 Å². The molecule has 2 aliphatic heterocycles. The van der Waals surface area contributed by atoms with Gasteiger partial charge in [0.25, 0.3) is 0 Å². The fourth-order valence-electron chi connectivity index (χ4n) is 3.86. The number of piperazine rings is 2. The summed E-state index contributed by atoms with van der Waals surface area (Å²) >= 11 is 0. The zero-order valence-corrected chi connectivity index (χ0v) is 18.3. The topological polar surface area (TPSA) is 65.0 Å². The lowest BCUT2D eigenvalue weighted by Crippen LogP contribution is -2.48. The molecule has 1 amide bonds. The van der Waals surface area contributed by atoms with Crippen molar-refractivity contribution in [3.63, 3.8) is 0 Å². The number of carbonyl (C=O) groups excluding carboxylic acids is 1. The molecular weight excluding hydrogens is 392 g/mol. The molecule has 0 N–H and O–H groups in total. The van der Waals surface area contributed by atoms with Gasteiger partial charge >= 0.3 is 0 Å². The standard InChI is InChI=1S/C23H30N6O2/c1-26-9-11-27(12-10-26)21-17-22(25-18-24-21)28-13-15-29(16-14-28)23(30)8-5-19-3-6-20(31-2)7-4-19/h3-8,17-18H,9-16H2,1-2H3/b8-5+. The zero-order valence-electron chi connectivity index (χ0n) is 18.3. The molecule has 0 radical (unpaired) electrons. The van der Waals surface area contributed by atoms with Gasteiger partial charge in [0.05, 0.1) is 7.11 Å². The first-order chi connectivity index (χ1) is 15.1. The predicted molar refractivity (Wildman–Crippen MR) is 123 cm³/mol. The molecule has 0 saturated carbocycles.